The summed E-state index contributed by atoms with van der Waals surface area (Å²) in [7, 11) is 0. The van der Waals surface area contributed by atoms with Gasteiger partial charge in [0.15, 0.2) is 28.5 Å². The number of furan rings is 1. The van der Waals surface area contributed by atoms with E-state index < -0.39 is 0 Å². The summed E-state index contributed by atoms with van der Waals surface area (Å²) in [6.45, 7) is 0.209. The van der Waals surface area contributed by atoms with E-state index in [9.17, 15) is 4.79 Å². The van der Waals surface area contributed by atoms with Gasteiger partial charge in [0.25, 0.3) is 0 Å². The Balaban J connectivity index is 1.74. The normalized spacial score (nSPS) is 12.8. The monoisotopic (exact) mass is 338 g/mol. The van der Waals surface area contributed by atoms with Crippen molar-refractivity contribution in [3.63, 3.8) is 0 Å². The average molecular weight is 338 g/mol. The highest BCUT2D eigenvalue weighted by Gasteiger charge is 2.21. The number of hydrogen-bond donors (Lipinski definition) is 0. The molecule has 0 radical (unpaired) electrons. The topological polar surface area (TPSA) is 66.0 Å². The number of hydrogen-bond acceptors (Lipinski definition) is 6. The first-order valence-electron chi connectivity index (χ1n) is 7.24. The minimum Gasteiger partial charge on any atom is -0.463 e. The van der Waals surface area contributed by atoms with Crippen LogP contribution in [0.5, 0.6) is 11.5 Å². The highest BCUT2D eigenvalue weighted by molar-refractivity contribution is 7.15. The summed E-state index contributed by atoms with van der Waals surface area (Å²) in [5.74, 6) is 2.05. The SMILES string of the molecule is O=Cc1c(-c2ccc3c(c2)OCO3)nc2scc(-c3ccco3)n12. The Morgan fingerprint density at radius 1 is 1.21 bits per heavy atom. The lowest BCUT2D eigenvalue weighted by atomic mass is 10.1. The van der Waals surface area contributed by atoms with Gasteiger partial charge in [0.05, 0.1) is 6.26 Å². The fourth-order valence-corrected chi connectivity index (χ4v) is 3.73. The minimum atomic E-state index is 0.209. The summed E-state index contributed by atoms with van der Waals surface area (Å²) < 4.78 is 18.0. The van der Waals surface area contributed by atoms with Gasteiger partial charge in [-0.05, 0) is 30.3 Å². The zero-order chi connectivity index (χ0) is 16.1. The van der Waals surface area contributed by atoms with Crippen molar-refractivity contribution >= 4 is 22.6 Å². The number of imidazole rings is 1. The predicted molar refractivity (Wildman–Crippen MR) is 87.7 cm³/mol. The zero-order valence-corrected chi connectivity index (χ0v) is 13.1. The van der Waals surface area contributed by atoms with Crippen molar-refractivity contribution in [2.75, 3.05) is 6.79 Å². The van der Waals surface area contributed by atoms with Crippen LogP contribution in [0.25, 0.3) is 27.7 Å². The summed E-state index contributed by atoms with van der Waals surface area (Å²) >= 11 is 1.46. The van der Waals surface area contributed by atoms with Gasteiger partial charge in [-0.3, -0.25) is 9.20 Å². The Morgan fingerprint density at radius 3 is 2.96 bits per heavy atom. The molecule has 0 aliphatic carbocycles. The second-order valence-corrected chi connectivity index (χ2v) is 6.08. The molecule has 0 saturated carbocycles. The highest BCUT2D eigenvalue weighted by Crippen LogP contribution is 2.38. The summed E-state index contributed by atoms with van der Waals surface area (Å²) in [6, 6.07) is 9.21. The minimum absolute atomic E-state index is 0.209. The lowest BCUT2D eigenvalue weighted by Crippen LogP contribution is -1.94. The molecule has 0 N–H and O–H groups in total. The van der Waals surface area contributed by atoms with Crippen molar-refractivity contribution in [1.82, 2.24) is 9.38 Å². The molecular formula is C17H10N2O4S. The van der Waals surface area contributed by atoms with Gasteiger partial charge < -0.3 is 13.9 Å². The number of carbonyl (C=O) groups is 1. The number of nitrogens with zero attached hydrogens (tertiary/aromatic N) is 2. The van der Waals surface area contributed by atoms with E-state index in [0.29, 0.717) is 28.6 Å². The van der Waals surface area contributed by atoms with Crippen LogP contribution in [-0.4, -0.2) is 22.5 Å². The number of thiazole rings is 1. The number of carbonyl (C=O) groups excluding carboxylic acids is 1. The highest BCUT2D eigenvalue weighted by atomic mass is 32.1. The first kappa shape index (κ1) is 13.4. The number of ether oxygens (including phenoxy) is 2. The second kappa shape index (κ2) is 4.97. The van der Waals surface area contributed by atoms with E-state index >= 15 is 0 Å². The van der Waals surface area contributed by atoms with Gasteiger partial charge >= 0.3 is 0 Å². The molecule has 4 aromatic rings. The van der Waals surface area contributed by atoms with Crippen molar-refractivity contribution in [2.24, 2.45) is 0 Å². The number of aromatic nitrogens is 2. The third-order valence-electron chi connectivity index (χ3n) is 3.93. The molecule has 1 aliphatic rings. The maximum absolute atomic E-state index is 11.8. The van der Waals surface area contributed by atoms with Crippen LogP contribution < -0.4 is 9.47 Å². The molecule has 118 valence electrons. The van der Waals surface area contributed by atoms with Crippen molar-refractivity contribution < 1.29 is 18.7 Å². The Morgan fingerprint density at radius 2 is 2.12 bits per heavy atom. The van der Waals surface area contributed by atoms with Crippen molar-refractivity contribution in [3.05, 3.63) is 47.7 Å². The van der Waals surface area contributed by atoms with Gasteiger partial charge in [-0.25, -0.2) is 4.98 Å². The van der Waals surface area contributed by atoms with Crippen LogP contribution in [0.15, 0.2) is 46.4 Å². The fraction of sp³-hybridized carbons (Fsp3) is 0.0588. The third-order valence-corrected chi connectivity index (χ3v) is 4.76. The van der Waals surface area contributed by atoms with E-state index in [2.05, 4.69) is 4.98 Å². The largest absolute Gasteiger partial charge is 0.463 e. The lowest BCUT2D eigenvalue weighted by Gasteiger charge is -2.02. The van der Waals surface area contributed by atoms with E-state index in [-0.39, 0.29) is 6.79 Å². The number of aldehydes is 1. The Bertz CT molecular complexity index is 1060. The quantitative estimate of drug-likeness (QED) is 0.531. The Labute approximate surface area is 139 Å². The van der Waals surface area contributed by atoms with Crippen LogP contribution in [-0.2, 0) is 0 Å². The number of rotatable bonds is 3. The van der Waals surface area contributed by atoms with Crippen LogP contribution in [0.4, 0.5) is 0 Å². The summed E-state index contributed by atoms with van der Waals surface area (Å²) in [4.78, 5) is 17.1. The van der Waals surface area contributed by atoms with Gasteiger partial charge in [0.1, 0.15) is 17.1 Å². The molecule has 1 aliphatic heterocycles. The van der Waals surface area contributed by atoms with Crippen molar-refractivity contribution in [3.8, 4) is 34.2 Å². The van der Waals surface area contributed by atoms with E-state index in [1.807, 2.05) is 40.1 Å². The van der Waals surface area contributed by atoms with Crippen LogP contribution in [0.1, 0.15) is 10.5 Å². The fourth-order valence-electron chi connectivity index (χ4n) is 2.84. The third kappa shape index (κ3) is 1.82. The number of benzene rings is 1. The van der Waals surface area contributed by atoms with Crippen LogP contribution in [0, 0.1) is 0 Å². The molecular weight excluding hydrogens is 328 g/mol. The summed E-state index contributed by atoms with van der Waals surface area (Å²) in [5.41, 5.74) is 2.71. The Kier molecular flexibility index (Phi) is 2.77. The van der Waals surface area contributed by atoms with Crippen LogP contribution in [0.3, 0.4) is 0 Å². The molecule has 4 heterocycles. The molecule has 0 amide bonds. The molecule has 3 aromatic heterocycles. The molecule has 0 atom stereocenters. The second-order valence-electron chi connectivity index (χ2n) is 5.25. The maximum Gasteiger partial charge on any atom is 0.231 e. The molecule has 5 rings (SSSR count). The molecule has 24 heavy (non-hydrogen) atoms. The predicted octanol–water partition coefficient (Wildman–Crippen LogP) is 3.86. The molecule has 0 saturated heterocycles. The molecule has 0 unspecified atom stereocenters. The average Bonchev–Trinajstić information content (AvgIpc) is 3.35. The number of fused-ring (bicyclic) bond motifs is 2. The zero-order valence-electron chi connectivity index (χ0n) is 12.3. The first-order chi connectivity index (χ1) is 11.8. The van der Waals surface area contributed by atoms with Gasteiger partial charge in [0, 0.05) is 10.9 Å². The van der Waals surface area contributed by atoms with Crippen molar-refractivity contribution in [1.29, 1.82) is 0 Å². The smallest absolute Gasteiger partial charge is 0.231 e. The van der Waals surface area contributed by atoms with Crippen LogP contribution >= 0.6 is 11.3 Å². The standard InChI is InChI=1S/C17H10N2O4S/c20-7-11-16(10-3-4-14-15(6-10)23-9-22-14)18-17-19(11)12(8-24-17)13-2-1-5-21-13/h1-8H,9H2. The molecule has 0 fully saturated rings. The van der Waals surface area contributed by atoms with E-state index in [1.54, 1.807) is 6.26 Å². The van der Waals surface area contributed by atoms with E-state index in [4.69, 9.17) is 13.9 Å². The molecule has 0 spiro atoms. The van der Waals surface area contributed by atoms with Gasteiger partial charge in [-0.15, -0.1) is 11.3 Å². The molecule has 0 bridgehead atoms. The van der Waals surface area contributed by atoms with E-state index in [1.165, 1.54) is 11.3 Å². The molecule has 6 nitrogen and oxygen atoms in total. The van der Waals surface area contributed by atoms with Crippen LogP contribution in [0.2, 0.25) is 0 Å². The van der Waals surface area contributed by atoms with E-state index in [0.717, 1.165) is 22.5 Å². The Hall–Kier alpha value is -3.06. The first-order valence-corrected chi connectivity index (χ1v) is 8.12. The maximum atomic E-state index is 11.8. The van der Waals surface area contributed by atoms with Gasteiger partial charge in [-0.2, -0.15) is 0 Å². The molecule has 1 aromatic carbocycles. The molecule has 7 heteroatoms. The lowest BCUT2D eigenvalue weighted by molar-refractivity contribution is 0.111. The van der Waals surface area contributed by atoms with Crippen molar-refractivity contribution in [2.45, 2.75) is 0 Å². The summed E-state index contributed by atoms with van der Waals surface area (Å²) in [5, 5.41) is 1.93. The van der Waals surface area contributed by atoms with Gasteiger partial charge in [0.2, 0.25) is 6.79 Å². The summed E-state index contributed by atoms with van der Waals surface area (Å²) in [6.07, 6.45) is 2.42. The van der Waals surface area contributed by atoms with Gasteiger partial charge in [-0.1, -0.05) is 0 Å².